The third kappa shape index (κ3) is 17.0. The van der Waals surface area contributed by atoms with E-state index in [1.807, 2.05) is 79.8 Å². The minimum absolute atomic E-state index is 0.0561. The van der Waals surface area contributed by atoms with E-state index in [2.05, 4.69) is 107 Å². The van der Waals surface area contributed by atoms with Crippen LogP contribution in [0.25, 0.3) is 39.4 Å². The molecule has 1 saturated heterocycles. The number of aromatic nitrogens is 8. The van der Waals surface area contributed by atoms with Crippen LogP contribution in [0.15, 0.2) is 111 Å². The number of hydrogen-bond acceptors (Lipinski definition) is 22. The highest BCUT2D eigenvalue weighted by Crippen LogP contribution is 2.40. The van der Waals surface area contributed by atoms with Gasteiger partial charge in [0.2, 0.25) is 11.8 Å². The number of aromatic carboxylic acids is 1. The molecule has 2 amide bonds. The third-order valence-electron chi connectivity index (χ3n) is 14.8. The monoisotopic (exact) mass is 1440 g/mol. The Labute approximate surface area is 555 Å². The number of carboxylic acid groups (broad SMARTS) is 1. The number of fused-ring (bicyclic) bond motifs is 2. The van der Waals surface area contributed by atoms with Crippen LogP contribution in [0.2, 0.25) is 0 Å². The maximum atomic E-state index is 13.7. The molecule has 7 heterocycles. The molecule has 3 saturated carbocycles. The standard InChI is InChI=1S/C26H31BN4O5S.C21H21N5O2S.C7H7BrN2OS.C4H2BrNO2S.C3H7N/c1-16(2)28-24-30-29-23(34-24)18-10-13-22-20(14-18)21(27-35-25(4,5)26(6,7)36-27)15-31(22)37(32,33)19-11-8-17(3)9-12-19;1-11(2)22-21-26-25-19(28-21)13-4-3-12-5-8-15(16(12)9-13)20-24-17(10-29-20)18(27)23-14-6-7-14;8-7-10-5(3-12-7)6(11)9-4-1-2-4;5-4-6-2(1-9-4)3(7)8;4-3-1-2-3/h8-16H,1-7H3,(H,28,30);3-4,8-11,14H,5-7H2,1-2H3,(H,22,26)(H,23,27);3-4H,1-2H2,(H,9,11);1H,(H,7,8);3H,1-2,4H2. The van der Waals surface area contributed by atoms with Gasteiger partial charge >= 0.3 is 25.1 Å². The molecule has 14 rings (SSSR count). The zero-order valence-corrected chi connectivity index (χ0v) is 57.7. The van der Waals surface area contributed by atoms with Crippen LogP contribution in [0.5, 0.6) is 0 Å². The average molecular weight is 1440 g/mol. The molecular weight excluding hydrogens is 1370 g/mol. The van der Waals surface area contributed by atoms with Crippen molar-refractivity contribution < 1.29 is 46.1 Å². The van der Waals surface area contributed by atoms with Gasteiger partial charge in [-0.05, 0) is 193 Å². The Morgan fingerprint density at radius 1 is 0.703 bits per heavy atom. The van der Waals surface area contributed by atoms with Crippen LogP contribution in [-0.4, -0.2) is 119 Å². The van der Waals surface area contributed by atoms with Crippen LogP contribution < -0.4 is 32.5 Å². The van der Waals surface area contributed by atoms with Crippen molar-refractivity contribution in [3.8, 4) is 22.9 Å². The molecular formula is C61H68BBr2N13O10S4. The zero-order valence-electron chi connectivity index (χ0n) is 51.2. The van der Waals surface area contributed by atoms with E-state index in [-0.39, 0.29) is 34.5 Å². The highest BCUT2D eigenvalue weighted by Gasteiger charge is 2.53. The number of nitrogens with one attached hydrogen (secondary N) is 4. The summed E-state index contributed by atoms with van der Waals surface area (Å²) in [4.78, 5) is 46.2. The molecule has 0 spiro atoms. The van der Waals surface area contributed by atoms with Gasteiger partial charge in [-0.2, -0.15) is 0 Å². The van der Waals surface area contributed by atoms with Crippen molar-refractivity contribution in [2.24, 2.45) is 5.73 Å². The van der Waals surface area contributed by atoms with Gasteiger partial charge in [-0.1, -0.05) is 40.0 Å². The zero-order chi connectivity index (χ0) is 65.1. The van der Waals surface area contributed by atoms with E-state index in [1.165, 1.54) is 61.8 Å². The summed E-state index contributed by atoms with van der Waals surface area (Å²) in [6.07, 6.45) is 11.5. The molecule has 4 fully saturated rings. The fraction of sp³-hybridized carbons (Fsp3) is 0.377. The highest BCUT2D eigenvalue weighted by atomic mass is 79.9. The molecule has 0 bridgehead atoms. The summed E-state index contributed by atoms with van der Waals surface area (Å²) in [5.74, 6) is -0.333. The molecule has 0 radical (unpaired) electrons. The van der Waals surface area contributed by atoms with Gasteiger partial charge in [0.25, 0.3) is 21.8 Å². The summed E-state index contributed by atoms with van der Waals surface area (Å²) in [5, 5.41) is 43.4. The van der Waals surface area contributed by atoms with Crippen molar-refractivity contribution >= 4 is 135 Å². The maximum Gasteiger partial charge on any atom is 0.497 e. The van der Waals surface area contributed by atoms with E-state index < -0.39 is 34.3 Å². The second-order valence-electron chi connectivity index (χ2n) is 23.8. The molecule has 1 aliphatic heterocycles. The number of amides is 2. The number of rotatable bonds is 15. The molecule has 3 aromatic carbocycles. The SMILES string of the molecule is CC(C)Nc1nnc(-c2ccc3c(c2)C(c2nc(C(=O)NC4CC4)cs2)=CC3)o1.Cc1ccc(S(=O)(=O)n2cc(B3OC(C)(C)C(C)(C)O3)c3cc(-c4nnc(NC(C)C)o4)ccc32)cc1.NC1CC1.O=C(NC1CC1)c1csc(Br)n1.O=C(O)c1csc(Br)n1. The number of hydrogen-bond donors (Lipinski definition) is 6. The van der Waals surface area contributed by atoms with Crippen LogP contribution in [0.1, 0.15) is 147 Å². The third-order valence-corrected chi connectivity index (χ3v) is 20.1. The average Bonchev–Trinajstić information content (AvgIpc) is 1.59. The van der Waals surface area contributed by atoms with Crippen molar-refractivity contribution in [3.05, 3.63) is 136 Å². The van der Waals surface area contributed by atoms with Gasteiger partial charge < -0.3 is 50.3 Å². The first-order valence-electron chi connectivity index (χ1n) is 29.4. The summed E-state index contributed by atoms with van der Waals surface area (Å²) < 4.78 is 54.3. The Hall–Kier alpha value is -7.03. The lowest BCUT2D eigenvalue weighted by Crippen LogP contribution is -2.41. The van der Waals surface area contributed by atoms with E-state index in [0.717, 1.165) is 63.3 Å². The van der Waals surface area contributed by atoms with Crippen molar-refractivity contribution in [3.63, 3.8) is 0 Å². The van der Waals surface area contributed by atoms with Crippen LogP contribution >= 0.6 is 65.9 Å². The molecule has 6 aromatic heterocycles. The van der Waals surface area contributed by atoms with Crippen LogP contribution in [0.4, 0.5) is 12.0 Å². The first-order valence-corrected chi connectivity index (χ1v) is 35.0. The van der Waals surface area contributed by atoms with Gasteiger partial charge in [0.15, 0.2) is 13.5 Å². The van der Waals surface area contributed by atoms with E-state index in [4.69, 9.17) is 29.0 Å². The largest absolute Gasteiger partial charge is 0.497 e. The van der Waals surface area contributed by atoms with Gasteiger partial charge in [-0.25, -0.2) is 32.1 Å². The van der Waals surface area contributed by atoms with Crippen LogP contribution in [0, 0.1) is 6.92 Å². The highest BCUT2D eigenvalue weighted by molar-refractivity contribution is 9.11. The van der Waals surface area contributed by atoms with Gasteiger partial charge in [-0.3, -0.25) is 9.59 Å². The first-order chi connectivity index (χ1) is 43.2. The summed E-state index contributed by atoms with van der Waals surface area (Å²) in [5.41, 5.74) is 12.1. The number of nitrogens with zero attached hydrogens (tertiary/aromatic N) is 8. The van der Waals surface area contributed by atoms with Crippen LogP contribution in [-0.2, 0) is 25.8 Å². The quantitative estimate of drug-likeness (QED) is 0.0519. The van der Waals surface area contributed by atoms with Crippen molar-refractivity contribution in [2.75, 3.05) is 10.6 Å². The summed E-state index contributed by atoms with van der Waals surface area (Å²) in [6, 6.07) is 20.7. The summed E-state index contributed by atoms with van der Waals surface area (Å²) in [6.45, 7) is 17.7. The minimum Gasteiger partial charge on any atom is -0.476 e. The Balaban J connectivity index is 0.000000147. The van der Waals surface area contributed by atoms with Crippen molar-refractivity contribution in [1.82, 2.24) is 50.0 Å². The molecule has 30 heteroatoms. The van der Waals surface area contributed by atoms with Gasteiger partial charge in [0, 0.05) is 80.1 Å². The first kappa shape index (κ1) is 66.9. The number of carboxylic acids is 1. The second kappa shape index (κ2) is 28.1. The number of aryl methyl sites for hydroxylation is 1. The van der Waals surface area contributed by atoms with Gasteiger partial charge in [-0.15, -0.1) is 44.2 Å². The van der Waals surface area contributed by atoms with E-state index in [0.29, 0.717) is 79.2 Å². The van der Waals surface area contributed by atoms with Gasteiger partial charge in [0.05, 0.1) is 21.6 Å². The summed E-state index contributed by atoms with van der Waals surface area (Å²) >= 11 is 10.4. The molecule has 0 atom stereocenters. The molecule has 91 heavy (non-hydrogen) atoms. The molecule has 5 aliphatic rings. The Morgan fingerprint density at radius 2 is 1.21 bits per heavy atom. The smallest absolute Gasteiger partial charge is 0.476 e. The Kier molecular flexibility index (Phi) is 20.6. The van der Waals surface area contributed by atoms with Crippen molar-refractivity contribution in [1.29, 1.82) is 0 Å². The molecule has 0 unspecified atom stereocenters. The summed E-state index contributed by atoms with van der Waals surface area (Å²) in [7, 11) is -4.66. The molecule has 4 aliphatic carbocycles. The topological polar surface area (TPSA) is 320 Å². The normalized spacial score (nSPS) is 16.1. The Bertz CT molecular complexity index is 4230. The number of thiazole rings is 3. The van der Waals surface area contributed by atoms with E-state index >= 15 is 0 Å². The fourth-order valence-electron chi connectivity index (χ4n) is 8.77. The number of carbonyl (C=O) groups excluding carboxylic acids is 2. The Morgan fingerprint density at radius 3 is 1.69 bits per heavy atom. The second-order valence-corrected chi connectivity index (χ2v) is 30.7. The number of benzene rings is 3. The molecule has 9 aromatic rings. The number of halogens is 2. The lowest BCUT2D eigenvalue weighted by atomic mass is 9.79. The van der Waals surface area contributed by atoms with E-state index in [9.17, 15) is 22.8 Å². The predicted molar refractivity (Wildman–Crippen MR) is 360 cm³/mol. The fourth-order valence-corrected chi connectivity index (χ4v) is 13.0. The molecule has 23 nitrogen and oxygen atoms in total. The van der Waals surface area contributed by atoms with E-state index in [1.54, 1.807) is 48.0 Å². The molecule has 478 valence electrons. The molecule has 7 N–H and O–H groups in total. The lowest BCUT2D eigenvalue weighted by molar-refractivity contribution is 0.00578. The number of carbonyl (C=O) groups is 3. The maximum absolute atomic E-state index is 13.7. The number of allylic oxidation sites excluding steroid dienone is 1. The lowest BCUT2D eigenvalue weighted by Gasteiger charge is -2.32. The van der Waals surface area contributed by atoms with Gasteiger partial charge in [0.1, 0.15) is 16.4 Å². The number of nitrogens with two attached hydrogens (primary N) is 1. The number of anilines is 2. The van der Waals surface area contributed by atoms with Crippen LogP contribution in [0.3, 0.4) is 0 Å². The minimum atomic E-state index is -3.89. The predicted octanol–water partition coefficient (Wildman–Crippen LogP) is 11.8. The van der Waals surface area contributed by atoms with Crippen molar-refractivity contribution in [2.45, 2.75) is 154 Å².